The molecule has 0 unspecified atom stereocenters. The summed E-state index contributed by atoms with van der Waals surface area (Å²) in [6.07, 6.45) is 0. The van der Waals surface area contributed by atoms with Crippen molar-refractivity contribution >= 4 is 40.5 Å². The number of carbonyl (C=O) groups excluding carboxylic acids is 2. The van der Waals surface area contributed by atoms with Gasteiger partial charge in [0.05, 0.1) is 15.4 Å². The van der Waals surface area contributed by atoms with Crippen LogP contribution < -0.4 is 5.32 Å². The minimum Gasteiger partial charge on any atom is -0.452 e. The topological polar surface area (TPSA) is 142 Å². The van der Waals surface area contributed by atoms with Gasteiger partial charge in [-0.3, -0.25) is 25.0 Å². The van der Waals surface area contributed by atoms with E-state index in [-0.39, 0.29) is 5.56 Å². The van der Waals surface area contributed by atoms with Crippen LogP contribution in [-0.4, -0.2) is 28.3 Å². The molecule has 1 N–H and O–H groups in total. The number of nitro groups is 2. The van der Waals surface area contributed by atoms with Crippen LogP contribution in [0.3, 0.4) is 0 Å². The lowest BCUT2D eigenvalue weighted by Gasteiger charge is -2.07. The van der Waals surface area contributed by atoms with Gasteiger partial charge in [0.2, 0.25) is 0 Å². The molecule has 27 heavy (non-hydrogen) atoms. The molecule has 2 rings (SSSR count). The number of esters is 1. The molecule has 10 nitrogen and oxygen atoms in total. The maximum absolute atomic E-state index is 12.0. The number of rotatable bonds is 6. The number of hydrogen-bond donors (Lipinski definition) is 1. The van der Waals surface area contributed by atoms with Crippen LogP contribution in [0.15, 0.2) is 36.4 Å². The Morgan fingerprint density at radius 2 is 1.70 bits per heavy atom. The first-order valence-electron chi connectivity index (χ1n) is 7.35. The van der Waals surface area contributed by atoms with E-state index < -0.39 is 45.3 Å². The molecule has 0 aromatic heterocycles. The number of ether oxygens (including phenoxy) is 1. The first-order chi connectivity index (χ1) is 12.7. The zero-order valence-corrected chi connectivity index (χ0v) is 14.6. The summed E-state index contributed by atoms with van der Waals surface area (Å²) >= 11 is 5.78. The summed E-state index contributed by atoms with van der Waals surface area (Å²) < 4.78 is 4.77. The second kappa shape index (κ2) is 8.23. The minimum atomic E-state index is -1.11. The second-order valence-corrected chi connectivity index (χ2v) is 5.72. The maximum Gasteiger partial charge on any atom is 0.339 e. The molecular formula is C16H12ClN3O7. The highest BCUT2D eigenvalue weighted by molar-refractivity contribution is 6.30. The van der Waals surface area contributed by atoms with E-state index in [1.165, 1.54) is 13.0 Å². The molecule has 0 spiro atoms. The van der Waals surface area contributed by atoms with Crippen molar-refractivity contribution in [3.05, 3.63) is 72.8 Å². The fourth-order valence-corrected chi connectivity index (χ4v) is 2.35. The number of nitrogens with zero attached hydrogens (tertiary/aromatic N) is 2. The van der Waals surface area contributed by atoms with Gasteiger partial charge in [-0.2, -0.15) is 0 Å². The predicted molar refractivity (Wildman–Crippen MR) is 94.9 cm³/mol. The number of carbonyl (C=O) groups is 2. The van der Waals surface area contributed by atoms with E-state index in [9.17, 15) is 29.8 Å². The zero-order valence-electron chi connectivity index (χ0n) is 13.8. The van der Waals surface area contributed by atoms with Gasteiger partial charge in [-0.25, -0.2) is 4.79 Å². The summed E-state index contributed by atoms with van der Waals surface area (Å²) in [5, 5.41) is 24.9. The molecule has 11 heteroatoms. The molecule has 0 bridgehead atoms. The normalized spacial score (nSPS) is 10.1. The van der Waals surface area contributed by atoms with Gasteiger partial charge in [-0.15, -0.1) is 0 Å². The van der Waals surface area contributed by atoms with Crippen LogP contribution in [0, 0.1) is 27.2 Å². The van der Waals surface area contributed by atoms with E-state index >= 15 is 0 Å². The average molecular weight is 394 g/mol. The largest absolute Gasteiger partial charge is 0.452 e. The standard InChI is InChI=1S/C16H12ClN3O7/c1-9-13(19(23)24)5-10(6-14(9)20(25)26)16(22)27-8-15(21)18-12-4-2-3-11(17)7-12/h2-7H,8H2,1H3,(H,18,21). The lowest BCUT2D eigenvalue weighted by atomic mass is 10.1. The van der Waals surface area contributed by atoms with E-state index in [1.807, 2.05) is 0 Å². The number of nitrogens with one attached hydrogen (secondary N) is 1. The van der Waals surface area contributed by atoms with E-state index in [1.54, 1.807) is 18.2 Å². The third-order valence-corrected chi connectivity index (χ3v) is 3.66. The summed E-state index contributed by atoms with van der Waals surface area (Å²) in [6, 6.07) is 7.98. The molecule has 2 aromatic rings. The Bertz CT molecular complexity index is 910. The maximum atomic E-state index is 12.0. The van der Waals surface area contributed by atoms with Crippen LogP contribution in [-0.2, 0) is 9.53 Å². The Hall–Kier alpha value is -3.53. The lowest BCUT2D eigenvalue weighted by Crippen LogP contribution is -2.21. The van der Waals surface area contributed by atoms with Gasteiger partial charge in [0.25, 0.3) is 17.3 Å². The number of amides is 1. The van der Waals surface area contributed by atoms with Gasteiger partial charge >= 0.3 is 5.97 Å². The molecule has 140 valence electrons. The van der Waals surface area contributed by atoms with Crippen LogP contribution in [0.1, 0.15) is 15.9 Å². The molecule has 0 saturated heterocycles. The van der Waals surface area contributed by atoms with Crippen molar-refractivity contribution in [1.82, 2.24) is 0 Å². The quantitative estimate of drug-likeness (QED) is 0.450. The van der Waals surface area contributed by atoms with Gasteiger partial charge in [-0.1, -0.05) is 17.7 Å². The first-order valence-corrected chi connectivity index (χ1v) is 7.73. The number of benzene rings is 2. The SMILES string of the molecule is Cc1c([N+](=O)[O-])cc(C(=O)OCC(=O)Nc2cccc(Cl)c2)cc1[N+](=O)[O-]. The highest BCUT2D eigenvalue weighted by atomic mass is 35.5. The molecule has 2 aromatic carbocycles. The van der Waals surface area contributed by atoms with Crippen molar-refractivity contribution in [2.75, 3.05) is 11.9 Å². The minimum absolute atomic E-state index is 0.194. The average Bonchev–Trinajstić information content (AvgIpc) is 2.59. The van der Waals surface area contributed by atoms with Crippen molar-refractivity contribution in [2.24, 2.45) is 0 Å². The summed E-state index contributed by atoms with van der Waals surface area (Å²) in [6.45, 7) is 0.505. The Kier molecular flexibility index (Phi) is 6.03. The Morgan fingerprint density at radius 1 is 1.11 bits per heavy atom. The van der Waals surface area contributed by atoms with E-state index in [4.69, 9.17) is 16.3 Å². The Labute approximate surface area is 157 Å². The molecule has 0 aliphatic carbocycles. The third kappa shape index (κ3) is 4.98. The van der Waals surface area contributed by atoms with Gasteiger partial charge in [0.15, 0.2) is 6.61 Å². The molecule has 0 radical (unpaired) electrons. The van der Waals surface area contributed by atoms with Gasteiger partial charge in [-0.05, 0) is 25.1 Å². The summed E-state index contributed by atoms with van der Waals surface area (Å²) in [5.41, 5.74) is -1.42. The van der Waals surface area contributed by atoms with Crippen molar-refractivity contribution in [2.45, 2.75) is 6.92 Å². The van der Waals surface area contributed by atoms with Gasteiger partial charge < -0.3 is 10.1 Å². The van der Waals surface area contributed by atoms with E-state index in [0.717, 1.165) is 12.1 Å². The van der Waals surface area contributed by atoms with Gasteiger partial charge in [0.1, 0.15) is 5.56 Å². The smallest absolute Gasteiger partial charge is 0.339 e. The van der Waals surface area contributed by atoms with Crippen molar-refractivity contribution in [3.63, 3.8) is 0 Å². The van der Waals surface area contributed by atoms with Crippen LogP contribution in [0.2, 0.25) is 5.02 Å². The van der Waals surface area contributed by atoms with Crippen molar-refractivity contribution in [1.29, 1.82) is 0 Å². The third-order valence-electron chi connectivity index (χ3n) is 3.42. The monoisotopic (exact) mass is 393 g/mol. The highest BCUT2D eigenvalue weighted by Gasteiger charge is 2.26. The second-order valence-electron chi connectivity index (χ2n) is 5.29. The molecule has 0 atom stereocenters. The van der Waals surface area contributed by atoms with Crippen LogP contribution in [0.4, 0.5) is 17.1 Å². The fourth-order valence-electron chi connectivity index (χ4n) is 2.16. The molecule has 0 aliphatic rings. The number of hydrogen-bond acceptors (Lipinski definition) is 7. The van der Waals surface area contributed by atoms with Crippen LogP contribution in [0.25, 0.3) is 0 Å². The summed E-state index contributed by atoms with van der Waals surface area (Å²) in [7, 11) is 0. The first kappa shape index (κ1) is 19.8. The number of anilines is 1. The molecule has 0 heterocycles. The van der Waals surface area contributed by atoms with Crippen LogP contribution in [0.5, 0.6) is 0 Å². The van der Waals surface area contributed by atoms with Crippen molar-refractivity contribution < 1.29 is 24.2 Å². The molecule has 0 saturated carbocycles. The zero-order chi connectivity index (χ0) is 20.1. The van der Waals surface area contributed by atoms with Gasteiger partial charge in [0, 0.05) is 22.8 Å². The van der Waals surface area contributed by atoms with E-state index in [2.05, 4.69) is 5.32 Å². The van der Waals surface area contributed by atoms with Crippen LogP contribution >= 0.6 is 11.6 Å². The highest BCUT2D eigenvalue weighted by Crippen LogP contribution is 2.29. The Morgan fingerprint density at radius 3 is 2.22 bits per heavy atom. The summed E-state index contributed by atoms with van der Waals surface area (Å²) in [4.78, 5) is 44.2. The lowest BCUT2D eigenvalue weighted by molar-refractivity contribution is -0.395. The summed E-state index contributed by atoms with van der Waals surface area (Å²) in [5.74, 6) is -1.79. The number of nitro benzene ring substituents is 2. The van der Waals surface area contributed by atoms with Crippen molar-refractivity contribution in [3.8, 4) is 0 Å². The molecule has 1 amide bonds. The molecule has 0 aliphatic heterocycles. The number of halogens is 1. The molecule has 0 fully saturated rings. The van der Waals surface area contributed by atoms with E-state index in [0.29, 0.717) is 10.7 Å². The Balaban J connectivity index is 2.12. The fraction of sp³-hybridized carbons (Fsp3) is 0.125. The molecular weight excluding hydrogens is 382 g/mol. The predicted octanol–water partition coefficient (Wildman–Crippen LogP) is 3.26.